The summed E-state index contributed by atoms with van der Waals surface area (Å²) in [7, 11) is 3.84. The molecule has 116 valence electrons. The number of urea groups is 1. The lowest BCUT2D eigenvalue weighted by Gasteiger charge is -2.32. The van der Waals surface area contributed by atoms with Gasteiger partial charge < -0.3 is 20.2 Å². The number of amides is 2. The highest BCUT2D eigenvalue weighted by atomic mass is 16.4. The zero-order chi connectivity index (χ0) is 15.1. The van der Waals surface area contributed by atoms with Crippen molar-refractivity contribution in [2.75, 3.05) is 33.7 Å². The number of hydrogen-bond donors (Lipinski definition) is 2. The van der Waals surface area contributed by atoms with Gasteiger partial charge in [-0.15, -0.1) is 0 Å². The van der Waals surface area contributed by atoms with Gasteiger partial charge >= 0.3 is 12.0 Å². The van der Waals surface area contributed by atoms with E-state index in [4.69, 9.17) is 5.11 Å². The van der Waals surface area contributed by atoms with Crippen molar-refractivity contribution in [1.82, 2.24) is 15.1 Å². The van der Waals surface area contributed by atoms with Crippen molar-refractivity contribution in [2.24, 2.45) is 5.92 Å². The first-order valence-corrected chi connectivity index (χ1v) is 7.37. The van der Waals surface area contributed by atoms with Gasteiger partial charge in [0.15, 0.2) is 0 Å². The molecule has 1 aliphatic rings. The molecule has 0 unspecified atom stereocenters. The number of carboxylic acids is 1. The maximum Gasteiger partial charge on any atom is 0.326 e. The van der Waals surface area contributed by atoms with E-state index in [0.717, 1.165) is 32.4 Å². The third-order valence-electron chi connectivity index (χ3n) is 3.89. The van der Waals surface area contributed by atoms with Crippen LogP contribution in [0.2, 0.25) is 0 Å². The molecule has 0 aromatic rings. The van der Waals surface area contributed by atoms with Gasteiger partial charge in [0, 0.05) is 13.6 Å². The van der Waals surface area contributed by atoms with E-state index in [1.165, 1.54) is 0 Å². The molecule has 0 bridgehead atoms. The number of carbonyl (C=O) groups is 2. The second-order valence-electron chi connectivity index (χ2n) is 5.76. The Morgan fingerprint density at radius 1 is 1.40 bits per heavy atom. The third kappa shape index (κ3) is 5.36. The van der Waals surface area contributed by atoms with Crippen LogP contribution in [0.5, 0.6) is 0 Å². The molecule has 1 fully saturated rings. The molecule has 6 nitrogen and oxygen atoms in total. The first kappa shape index (κ1) is 16.8. The van der Waals surface area contributed by atoms with E-state index < -0.39 is 12.0 Å². The van der Waals surface area contributed by atoms with Crippen LogP contribution in [0.3, 0.4) is 0 Å². The summed E-state index contributed by atoms with van der Waals surface area (Å²) in [6.45, 7) is 4.73. The molecular formula is C14H27N3O3. The molecule has 1 saturated heterocycles. The highest BCUT2D eigenvalue weighted by Gasteiger charge is 2.23. The second kappa shape index (κ2) is 8.09. The van der Waals surface area contributed by atoms with Crippen LogP contribution in [0.15, 0.2) is 0 Å². The molecule has 0 aromatic carbocycles. The Labute approximate surface area is 121 Å². The Balaban J connectivity index is 2.39. The molecule has 2 amide bonds. The predicted octanol–water partition coefficient (Wildman–Crippen LogP) is 1.22. The summed E-state index contributed by atoms with van der Waals surface area (Å²) >= 11 is 0. The van der Waals surface area contributed by atoms with E-state index in [1.807, 2.05) is 6.92 Å². The molecule has 1 atom stereocenters. The number of hydrogen-bond acceptors (Lipinski definition) is 3. The summed E-state index contributed by atoms with van der Waals surface area (Å²) in [5.41, 5.74) is 0. The number of rotatable bonds is 6. The quantitative estimate of drug-likeness (QED) is 0.769. The van der Waals surface area contributed by atoms with Gasteiger partial charge in [-0.25, -0.2) is 9.59 Å². The smallest absolute Gasteiger partial charge is 0.326 e. The normalized spacial score (nSPS) is 18.6. The van der Waals surface area contributed by atoms with E-state index in [2.05, 4.69) is 17.3 Å². The Morgan fingerprint density at radius 3 is 2.50 bits per heavy atom. The SMILES string of the molecule is CCC[C@H](NC(=O)N(C)CC1CCN(C)CC1)C(=O)O. The number of piperidine rings is 1. The topological polar surface area (TPSA) is 72.9 Å². The summed E-state index contributed by atoms with van der Waals surface area (Å²) in [5.74, 6) is -0.454. The lowest BCUT2D eigenvalue weighted by atomic mass is 9.97. The monoisotopic (exact) mass is 285 g/mol. The highest BCUT2D eigenvalue weighted by Crippen LogP contribution is 2.16. The number of carboxylic acid groups (broad SMARTS) is 1. The van der Waals surface area contributed by atoms with Crippen LogP contribution >= 0.6 is 0 Å². The number of nitrogens with zero attached hydrogens (tertiary/aromatic N) is 2. The van der Waals surface area contributed by atoms with Gasteiger partial charge in [-0.2, -0.15) is 0 Å². The molecule has 0 aliphatic carbocycles. The van der Waals surface area contributed by atoms with Gasteiger partial charge in [0.1, 0.15) is 6.04 Å². The standard InChI is InChI=1S/C14H27N3O3/c1-4-5-12(13(18)19)15-14(20)17(3)10-11-6-8-16(2)9-7-11/h11-12H,4-10H2,1-3H3,(H,15,20)(H,18,19)/t12-/m0/s1. The van der Waals surface area contributed by atoms with Crippen molar-refractivity contribution in [3.63, 3.8) is 0 Å². The van der Waals surface area contributed by atoms with E-state index in [0.29, 0.717) is 18.9 Å². The zero-order valence-corrected chi connectivity index (χ0v) is 12.8. The summed E-state index contributed by atoms with van der Waals surface area (Å²) < 4.78 is 0. The minimum atomic E-state index is -0.965. The molecule has 2 N–H and O–H groups in total. The first-order chi connectivity index (χ1) is 9.43. The van der Waals surface area contributed by atoms with Crippen molar-refractivity contribution in [3.8, 4) is 0 Å². The Hall–Kier alpha value is -1.30. The maximum absolute atomic E-state index is 12.0. The largest absolute Gasteiger partial charge is 0.480 e. The van der Waals surface area contributed by atoms with Crippen LogP contribution in [0.1, 0.15) is 32.6 Å². The lowest BCUT2D eigenvalue weighted by Crippen LogP contribution is -2.48. The summed E-state index contributed by atoms with van der Waals surface area (Å²) in [6.07, 6.45) is 3.37. The Bertz CT molecular complexity index is 328. The highest BCUT2D eigenvalue weighted by molar-refractivity contribution is 5.82. The predicted molar refractivity (Wildman–Crippen MR) is 77.7 cm³/mol. The molecular weight excluding hydrogens is 258 g/mol. The fourth-order valence-electron chi connectivity index (χ4n) is 2.52. The van der Waals surface area contributed by atoms with Gasteiger partial charge in [-0.05, 0) is 45.3 Å². The van der Waals surface area contributed by atoms with Crippen LogP contribution in [-0.4, -0.2) is 66.7 Å². The van der Waals surface area contributed by atoms with Gasteiger partial charge in [-0.3, -0.25) is 0 Å². The van der Waals surface area contributed by atoms with Crippen molar-refractivity contribution in [2.45, 2.75) is 38.6 Å². The van der Waals surface area contributed by atoms with Crippen LogP contribution in [-0.2, 0) is 4.79 Å². The van der Waals surface area contributed by atoms with E-state index in [9.17, 15) is 9.59 Å². The van der Waals surface area contributed by atoms with Gasteiger partial charge in [-0.1, -0.05) is 13.3 Å². The molecule has 0 aromatic heterocycles. The van der Waals surface area contributed by atoms with Crippen molar-refractivity contribution in [3.05, 3.63) is 0 Å². The lowest BCUT2D eigenvalue weighted by molar-refractivity contribution is -0.139. The van der Waals surface area contributed by atoms with Crippen LogP contribution < -0.4 is 5.32 Å². The van der Waals surface area contributed by atoms with Crippen molar-refractivity contribution >= 4 is 12.0 Å². The average Bonchev–Trinajstić information content (AvgIpc) is 2.40. The Kier molecular flexibility index (Phi) is 6.78. The number of carbonyl (C=O) groups excluding carboxylic acids is 1. The third-order valence-corrected chi connectivity index (χ3v) is 3.89. The molecule has 0 spiro atoms. The Morgan fingerprint density at radius 2 is 2.00 bits per heavy atom. The number of aliphatic carboxylic acids is 1. The first-order valence-electron chi connectivity index (χ1n) is 7.37. The van der Waals surface area contributed by atoms with Crippen molar-refractivity contribution in [1.29, 1.82) is 0 Å². The van der Waals surface area contributed by atoms with Crippen LogP contribution in [0.25, 0.3) is 0 Å². The molecule has 1 aliphatic heterocycles. The minimum Gasteiger partial charge on any atom is -0.480 e. The van der Waals surface area contributed by atoms with E-state index in [1.54, 1.807) is 11.9 Å². The van der Waals surface area contributed by atoms with Crippen molar-refractivity contribution < 1.29 is 14.7 Å². The van der Waals surface area contributed by atoms with E-state index in [-0.39, 0.29) is 6.03 Å². The maximum atomic E-state index is 12.0. The zero-order valence-electron chi connectivity index (χ0n) is 12.8. The fraction of sp³-hybridized carbons (Fsp3) is 0.857. The molecule has 0 radical (unpaired) electrons. The van der Waals surface area contributed by atoms with E-state index >= 15 is 0 Å². The summed E-state index contributed by atoms with van der Waals surface area (Å²) in [6, 6.07) is -1.07. The fourth-order valence-corrected chi connectivity index (χ4v) is 2.52. The summed E-state index contributed by atoms with van der Waals surface area (Å²) in [5, 5.41) is 11.6. The molecule has 6 heteroatoms. The molecule has 20 heavy (non-hydrogen) atoms. The molecule has 1 rings (SSSR count). The number of likely N-dealkylation sites (tertiary alicyclic amines) is 1. The summed E-state index contributed by atoms with van der Waals surface area (Å²) in [4.78, 5) is 26.9. The average molecular weight is 285 g/mol. The van der Waals surface area contributed by atoms with Gasteiger partial charge in [0.25, 0.3) is 0 Å². The minimum absolute atomic E-state index is 0.287. The molecule has 0 saturated carbocycles. The number of nitrogens with one attached hydrogen (secondary N) is 1. The van der Waals surface area contributed by atoms with Gasteiger partial charge in [0.05, 0.1) is 0 Å². The second-order valence-corrected chi connectivity index (χ2v) is 5.76. The van der Waals surface area contributed by atoms with Gasteiger partial charge in [0.2, 0.25) is 0 Å². The van der Waals surface area contributed by atoms with Crippen LogP contribution in [0.4, 0.5) is 4.79 Å². The van der Waals surface area contributed by atoms with Crippen LogP contribution in [0, 0.1) is 5.92 Å². The molecule has 1 heterocycles.